The molecule has 1 aliphatic carbocycles. The van der Waals surface area contributed by atoms with Crippen molar-refractivity contribution in [2.45, 2.75) is 39.2 Å². The van der Waals surface area contributed by atoms with Gasteiger partial charge in [0, 0.05) is 33.0 Å². The van der Waals surface area contributed by atoms with Crippen molar-refractivity contribution >= 4 is 62.8 Å². The molecule has 0 radical (unpaired) electrons. The Morgan fingerprint density at radius 1 is 0.867 bits per heavy atom. The van der Waals surface area contributed by atoms with Gasteiger partial charge in [0.25, 0.3) is 5.91 Å². The Morgan fingerprint density at radius 2 is 1.53 bits per heavy atom. The van der Waals surface area contributed by atoms with Crippen LogP contribution in [0.5, 0.6) is 0 Å². The van der Waals surface area contributed by atoms with E-state index in [-0.39, 0.29) is 45.3 Å². The lowest BCUT2D eigenvalue weighted by Gasteiger charge is -2.21. The zero-order valence-corrected chi connectivity index (χ0v) is 24.7. The number of aryl methyl sites for hydroxylation is 1. The molecule has 0 saturated carbocycles. The number of rotatable bonds is 6. The highest BCUT2D eigenvalue weighted by Gasteiger charge is 2.38. The third kappa shape index (κ3) is 4.57. The van der Waals surface area contributed by atoms with Crippen LogP contribution in [0.2, 0.25) is 0 Å². The first kappa shape index (κ1) is 28.2. The van der Waals surface area contributed by atoms with E-state index < -0.39 is 18.0 Å². The van der Waals surface area contributed by atoms with E-state index >= 15 is 0 Å². The lowest BCUT2D eigenvalue weighted by molar-refractivity contribution is -0.141. The van der Waals surface area contributed by atoms with E-state index in [4.69, 9.17) is 4.74 Å². The van der Waals surface area contributed by atoms with E-state index in [9.17, 15) is 24.0 Å². The van der Waals surface area contributed by atoms with Gasteiger partial charge in [0.15, 0.2) is 17.7 Å². The van der Waals surface area contributed by atoms with Gasteiger partial charge in [-0.3, -0.25) is 19.2 Å². The number of esters is 1. The van der Waals surface area contributed by atoms with E-state index in [1.807, 2.05) is 26.0 Å². The van der Waals surface area contributed by atoms with Crippen LogP contribution in [-0.2, 0) is 14.3 Å². The first-order valence-corrected chi connectivity index (χ1v) is 14.9. The van der Waals surface area contributed by atoms with Gasteiger partial charge in [-0.2, -0.15) is 0 Å². The SMILES string of the molecule is CCCCC1OC(=O)C(=Cc2cc(C)c3[nH]c4c5c(c(NC(=O)c6ccccc6)cc4c3c2)C(=O)c2ccccc2C5=O)C1=O. The molecule has 4 aromatic carbocycles. The number of benzene rings is 4. The molecule has 1 aliphatic heterocycles. The third-order valence-corrected chi connectivity index (χ3v) is 8.54. The van der Waals surface area contributed by atoms with Gasteiger partial charge >= 0.3 is 5.97 Å². The lowest BCUT2D eigenvalue weighted by atomic mass is 9.82. The second kappa shape index (κ2) is 10.8. The summed E-state index contributed by atoms with van der Waals surface area (Å²) >= 11 is 0. The van der Waals surface area contributed by atoms with Crippen molar-refractivity contribution in [1.29, 1.82) is 0 Å². The van der Waals surface area contributed by atoms with Crippen LogP contribution in [0, 0.1) is 6.92 Å². The zero-order chi connectivity index (χ0) is 31.4. The summed E-state index contributed by atoms with van der Waals surface area (Å²) < 4.78 is 5.36. The van der Waals surface area contributed by atoms with E-state index in [2.05, 4.69) is 10.3 Å². The van der Waals surface area contributed by atoms with Crippen LogP contribution in [-0.4, -0.2) is 40.3 Å². The number of ether oxygens (including phenoxy) is 1. The molecule has 7 rings (SSSR count). The number of nitrogens with one attached hydrogen (secondary N) is 2. The average Bonchev–Trinajstić information content (AvgIpc) is 3.55. The molecule has 2 N–H and O–H groups in total. The number of fused-ring (bicyclic) bond motifs is 6. The van der Waals surface area contributed by atoms with Crippen LogP contribution in [0.15, 0.2) is 78.4 Å². The Labute approximate surface area is 258 Å². The van der Waals surface area contributed by atoms with Gasteiger partial charge in [-0.1, -0.05) is 55.8 Å². The number of anilines is 1. The van der Waals surface area contributed by atoms with E-state index in [0.717, 1.165) is 23.9 Å². The molecule has 8 nitrogen and oxygen atoms in total. The molecule has 2 heterocycles. The number of hydrogen-bond acceptors (Lipinski definition) is 6. The summed E-state index contributed by atoms with van der Waals surface area (Å²) in [6, 6.07) is 20.7. The minimum atomic E-state index is -0.768. The number of aromatic amines is 1. The molecule has 1 aromatic heterocycles. The van der Waals surface area contributed by atoms with Gasteiger partial charge in [-0.05, 0) is 67.3 Å². The number of cyclic esters (lactones) is 1. The Balaban J connectivity index is 1.43. The maximum Gasteiger partial charge on any atom is 0.342 e. The monoisotopic (exact) mass is 596 g/mol. The molecule has 45 heavy (non-hydrogen) atoms. The summed E-state index contributed by atoms with van der Waals surface area (Å²) in [5, 5.41) is 4.20. The largest absolute Gasteiger partial charge is 0.450 e. The first-order valence-electron chi connectivity index (χ1n) is 14.9. The lowest BCUT2D eigenvalue weighted by Crippen LogP contribution is -2.24. The molecule has 222 valence electrons. The Morgan fingerprint density at radius 3 is 2.24 bits per heavy atom. The maximum atomic E-state index is 14.0. The van der Waals surface area contributed by atoms with Crippen LogP contribution in [0.4, 0.5) is 5.69 Å². The topological polar surface area (TPSA) is 122 Å². The smallest absolute Gasteiger partial charge is 0.342 e. The molecular formula is C37H28N2O6. The number of amides is 1. The highest BCUT2D eigenvalue weighted by Crippen LogP contribution is 2.41. The fraction of sp³-hybridized carbons (Fsp3) is 0.162. The van der Waals surface area contributed by atoms with Crippen LogP contribution in [0.1, 0.15) is 79.5 Å². The predicted molar refractivity (Wildman–Crippen MR) is 171 cm³/mol. The summed E-state index contributed by atoms with van der Waals surface area (Å²) in [7, 11) is 0. The van der Waals surface area contributed by atoms with Crippen LogP contribution < -0.4 is 5.32 Å². The summed E-state index contributed by atoms with van der Waals surface area (Å²) in [5.74, 6) is -2.07. The molecular weight excluding hydrogens is 568 g/mol. The van der Waals surface area contributed by atoms with E-state index in [0.29, 0.717) is 39.4 Å². The van der Waals surface area contributed by atoms with Crippen molar-refractivity contribution in [2.75, 3.05) is 5.32 Å². The number of carbonyl (C=O) groups is 5. The highest BCUT2D eigenvalue weighted by molar-refractivity contribution is 6.35. The Kier molecular flexibility index (Phi) is 6.77. The summed E-state index contributed by atoms with van der Waals surface area (Å²) in [6.07, 6.45) is 2.92. The number of hydrogen-bond donors (Lipinski definition) is 2. The van der Waals surface area contributed by atoms with Gasteiger partial charge in [-0.15, -0.1) is 0 Å². The van der Waals surface area contributed by atoms with E-state index in [1.54, 1.807) is 66.7 Å². The highest BCUT2D eigenvalue weighted by atomic mass is 16.6. The summed E-state index contributed by atoms with van der Waals surface area (Å²) in [5.41, 5.74) is 4.09. The van der Waals surface area contributed by atoms with Crippen molar-refractivity contribution in [1.82, 2.24) is 4.98 Å². The first-order chi connectivity index (χ1) is 21.8. The molecule has 1 unspecified atom stereocenters. The number of carbonyl (C=O) groups excluding carboxylic acids is 5. The number of H-pyrrole nitrogens is 1. The molecule has 5 aromatic rings. The molecule has 2 aliphatic rings. The van der Waals surface area contributed by atoms with E-state index in [1.165, 1.54) is 0 Å². The molecule has 0 spiro atoms. The van der Waals surface area contributed by atoms with Crippen LogP contribution in [0.25, 0.3) is 27.9 Å². The molecule has 1 saturated heterocycles. The third-order valence-electron chi connectivity index (χ3n) is 8.54. The summed E-state index contributed by atoms with van der Waals surface area (Å²) in [6.45, 7) is 3.89. The molecule has 0 bridgehead atoms. The van der Waals surface area contributed by atoms with Crippen LogP contribution in [0.3, 0.4) is 0 Å². The molecule has 8 heteroatoms. The second-order valence-electron chi connectivity index (χ2n) is 11.5. The van der Waals surface area contributed by atoms with Gasteiger partial charge in [0.1, 0.15) is 5.57 Å². The zero-order valence-electron chi connectivity index (χ0n) is 24.7. The van der Waals surface area contributed by atoms with Crippen molar-refractivity contribution in [2.24, 2.45) is 0 Å². The summed E-state index contributed by atoms with van der Waals surface area (Å²) in [4.78, 5) is 70.3. The minimum Gasteiger partial charge on any atom is -0.450 e. The van der Waals surface area contributed by atoms with Crippen molar-refractivity contribution in [3.05, 3.63) is 117 Å². The normalized spacial score (nSPS) is 16.8. The second-order valence-corrected chi connectivity index (χ2v) is 11.5. The standard InChI is InChI=1S/C37H28N2O6/c1-3-4-14-28-33(40)26(37(44)45-28)17-20-15-19(2)31-24(16-20)25-18-27(38-36(43)21-10-6-5-7-11-21)29-30(32(25)39-31)35(42)23-13-9-8-12-22(23)34(29)41/h5-13,15-18,28,39H,3-4,14H2,1-2H3,(H,38,43). The minimum absolute atomic E-state index is 0.000249. The van der Waals surface area contributed by atoms with Crippen molar-refractivity contribution in [3.8, 4) is 0 Å². The molecule has 1 fully saturated rings. The average molecular weight is 597 g/mol. The van der Waals surface area contributed by atoms with Gasteiger partial charge in [0.2, 0.25) is 5.78 Å². The van der Waals surface area contributed by atoms with Crippen molar-refractivity contribution < 1.29 is 28.7 Å². The number of aromatic nitrogens is 1. The van der Waals surface area contributed by atoms with Gasteiger partial charge in [0.05, 0.1) is 22.3 Å². The van der Waals surface area contributed by atoms with Gasteiger partial charge < -0.3 is 15.0 Å². The van der Waals surface area contributed by atoms with Crippen LogP contribution >= 0.6 is 0 Å². The van der Waals surface area contributed by atoms with Gasteiger partial charge in [-0.25, -0.2) is 4.79 Å². The quantitative estimate of drug-likeness (QED) is 0.125. The maximum absolute atomic E-state index is 14.0. The molecule has 1 atom stereocenters. The van der Waals surface area contributed by atoms with Crippen molar-refractivity contribution in [3.63, 3.8) is 0 Å². The fourth-order valence-electron chi connectivity index (χ4n) is 6.32. The fourth-order valence-corrected chi connectivity index (χ4v) is 6.32. The number of Topliss-reactive ketones (excluding diaryl/α,β-unsaturated/α-hetero) is 1. The number of unbranched alkanes of at least 4 members (excludes halogenated alkanes) is 1. The Bertz CT molecular complexity index is 2150. The molecule has 1 amide bonds. The Hall–Kier alpha value is -5.63. The number of ketones is 3. The predicted octanol–water partition coefficient (Wildman–Crippen LogP) is 6.73.